The van der Waals surface area contributed by atoms with E-state index in [0.29, 0.717) is 0 Å². The smallest absolute Gasteiger partial charge is 0.0548 e. The number of aromatic nitrogens is 2. The van der Waals surface area contributed by atoms with Gasteiger partial charge in [0.1, 0.15) is 0 Å². The van der Waals surface area contributed by atoms with Gasteiger partial charge in [0.25, 0.3) is 0 Å². The summed E-state index contributed by atoms with van der Waals surface area (Å²) in [4.78, 5) is 3.62. The van der Waals surface area contributed by atoms with Crippen LogP contribution in [0.4, 0.5) is 0 Å². The topological polar surface area (TPSA) is 20.7 Å². The van der Waals surface area contributed by atoms with Crippen molar-refractivity contribution in [3.8, 4) is 27.9 Å². The lowest BCUT2D eigenvalue weighted by Gasteiger charge is -2.11. The molecule has 6 aromatic carbocycles. The third kappa shape index (κ3) is 3.14. The Bertz CT molecular complexity index is 2110. The highest BCUT2D eigenvalue weighted by Crippen LogP contribution is 2.40. The average Bonchev–Trinajstić information content (AvgIpc) is 3.53. The molecule has 178 valence electrons. The Morgan fingerprint density at radius 3 is 1.89 bits per heavy atom. The lowest BCUT2D eigenvalue weighted by Crippen LogP contribution is -1.94. The summed E-state index contributed by atoms with van der Waals surface area (Å²) < 4.78 is 2.41. The van der Waals surface area contributed by atoms with E-state index < -0.39 is 0 Å². The molecule has 2 nitrogen and oxygen atoms in total. The molecule has 0 atom stereocenters. The van der Waals surface area contributed by atoms with Crippen molar-refractivity contribution in [2.24, 2.45) is 0 Å². The summed E-state index contributed by atoms with van der Waals surface area (Å²) >= 11 is 0. The zero-order valence-electron chi connectivity index (χ0n) is 20.7. The van der Waals surface area contributed by atoms with Gasteiger partial charge in [0.15, 0.2) is 0 Å². The highest BCUT2D eigenvalue weighted by Gasteiger charge is 2.17. The summed E-state index contributed by atoms with van der Waals surface area (Å²) in [6, 6.07) is 50.2. The van der Waals surface area contributed by atoms with E-state index in [0.717, 1.165) is 0 Å². The van der Waals surface area contributed by atoms with Crippen molar-refractivity contribution < 1.29 is 0 Å². The quantitative estimate of drug-likeness (QED) is 0.258. The van der Waals surface area contributed by atoms with Crippen LogP contribution in [0.2, 0.25) is 0 Å². The lowest BCUT2D eigenvalue weighted by atomic mass is 10.00. The van der Waals surface area contributed by atoms with Crippen LogP contribution in [-0.4, -0.2) is 9.55 Å². The van der Waals surface area contributed by atoms with Gasteiger partial charge in [-0.3, -0.25) is 0 Å². The minimum Gasteiger partial charge on any atom is -0.354 e. The number of aromatic amines is 1. The number of hydrogen-bond acceptors (Lipinski definition) is 0. The Morgan fingerprint density at radius 1 is 0.395 bits per heavy atom. The van der Waals surface area contributed by atoms with Crippen molar-refractivity contribution >= 4 is 43.6 Å². The first-order valence-corrected chi connectivity index (χ1v) is 13.0. The molecule has 0 saturated carbocycles. The summed E-state index contributed by atoms with van der Waals surface area (Å²) in [6.07, 6.45) is 0. The molecule has 2 heteroatoms. The number of fused-ring (bicyclic) bond motifs is 7. The third-order valence-electron chi connectivity index (χ3n) is 7.73. The van der Waals surface area contributed by atoms with Gasteiger partial charge in [-0.15, -0.1) is 0 Å². The fourth-order valence-electron chi connectivity index (χ4n) is 5.99. The predicted octanol–water partition coefficient (Wildman–Crippen LogP) is 9.75. The Balaban J connectivity index is 1.33. The molecule has 0 fully saturated rings. The van der Waals surface area contributed by atoms with Gasteiger partial charge >= 0.3 is 0 Å². The van der Waals surface area contributed by atoms with Gasteiger partial charge in [0.05, 0.1) is 11.0 Å². The van der Waals surface area contributed by atoms with Crippen LogP contribution in [0.3, 0.4) is 0 Å². The molecule has 8 aromatic rings. The van der Waals surface area contributed by atoms with Crippen LogP contribution in [0.15, 0.2) is 140 Å². The lowest BCUT2D eigenvalue weighted by molar-refractivity contribution is 1.18. The van der Waals surface area contributed by atoms with Gasteiger partial charge in [-0.05, 0) is 58.7 Å². The molecule has 0 spiro atoms. The van der Waals surface area contributed by atoms with Crippen LogP contribution in [0.5, 0.6) is 0 Å². The van der Waals surface area contributed by atoms with Crippen molar-refractivity contribution in [2.75, 3.05) is 0 Å². The number of benzene rings is 6. The Labute approximate surface area is 220 Å². The Hall–Kier alpha value is -5.08. The van der Waals surface area contributed by atoms with Crippen LogP contribution in [0.1, 0.15) is 0 Å². The van der Waals surface area contributed by atoms with E-state index in [1.807, 2.05) is 0 Å². The van der Waals surface area contributed by atoms with Crippen LogP contribution in [0, 0.1) is 0 Å². The van der Waals surface area contributed by atoms with E-state index in [1.54, 1.807) is 0 Å². The summed E-state index contributed by atoms with van der Waals surface area (Å²) in [6.45, 7) is 0. The fraction of sp³-hybridized carbons (Fsp3) is 0. The van der Waals surface area contributed by atoms with Gasteiger partial charge in [-0.1, -0.05) is 103 Å². The molecule has 0 unspecified atom stereocenters. The number of para-hydroxylation sites is 2. The molecule has 8 rings (SSSR count). The van der Waals surface area contributed by atoms with E-state index in [2.05, 4.69) is 149 Å². The Kier molecular flexibility index (Phi) is 4.55. The molecular weight excluding hydrogens is 460 g/mol. The van der Waals surface area contributed by atoms with Crippen molar-refractivity contribution in [3.05, 3.63) is 140 Å². The molecule has 2 aromatic heterocycles. The molecule has 1 N–H and O–H groups in total. The SMILES string of the molecule is c1ccc(-c2ccc(-c3cccc(-n4c5ccccc5c5c6c(ccc54)[nH]c4ccccc46)c3)cc2)cc1. The summed E-state index contributed by atoms with van der Waals surface area (Å²) in [7, 11) is 0. The van der Waals surface area contributed by atoms with Crippen molar-refractivity contribution in [3.63, 3.8) is 0 Å². The highest BCUT2D eigenvalue weighted by molar-refractivity contribution is 6.28. The van der Waals surface area contributed by atoms with E-state index in [1.165, 1.54) is 71.6 Å². The van der Waals surface area contributed by atoms with Crippen LogP contribution in [-0.2, 0) is 0 Å². The van der Waals surface area contributed by atoms with Crippen molar-refractivity contribution in [1.29, 1.82) is 0 Å². The van der Waals surface area contributed by atoms with Gasteiger partial charge in [-0.25, -0.2) is 0 Å². The van der Waals surface area contributed by atoms with Crippen LogP contribution < -0.4 is 0 Å². The van der Waals surface area contributed by atoms with Crippen molar-refractivity contribution in [2.45, 2.75) is 0 Å². The standard InChI is InChI=1S/C36H24N2/c1-2-9-24(10-3-1)25-17-19-26(20-18-25)27-11-8-12-28(23-27)38-33-16-7-5-14-30(33)36-34(38)22-21-32-35(36)29-13-4-6-15-31(29)37-32/h1-23,37H. The summed E-state index contributed by atoms with van der Waals surface area (Å²) in [5.74, 6) is 0. The minimum atomic E-state index is 1.17. The minimum absolute atomic E-state index is 1.17. The fourth-order valence-corrected chi connectivity index (χ4v) is 5.99. The second kappa shape index (κ2) is 8.22. The number of H-pyrrole nitrogens is 1. The molecule has 0 aliphatic rings. The Morgan fingerprint density at radius 2 is 1.05 bits per heavy atom. The van der Waals surface area contributed by atoms with Crippen LogP contribution in [0.25, 0.3) is 71.6 Å². The zero-order valence-corrected chi connectivity index (χ0v) is 20.7. The molecule has 0 amide bonds. The zero-order chi connectivity index (χ0) is 25.1. The van der Waals surface area contributed by atoms with E-state index in [4.69, 9.17) is 0 Å². The first-order chi connectivity index (χ1) is 18.8. The molecule has 0 bridgehead atoms. The van der Waals surface area contributed by atoms with Gasteiger partial charge in [0.2, 0.25) is 0 Å². The van der Waals surface area contributed by atoms with Crippen molar-refractivity contribution in [1.82, 2.24) is 9.55 Å². The van der Waals surface area contributed by atoms with E-state index in [-0.39, 0.29) is 0 Å². The monoisotopic (exact) mass is 484 g/mol. The van der Waals surface area contributed by atoms with Crippen LogP contribution >= 0.6 is 0 Å². The second-order valence-electron chi connectivity index (χ2n) is 9.90. The summed E-state index contributed by atoms with van der Waals surface area (Å²) in [5.41, 5.74) is 10.9. The van der Waals surface area contributed by atoms with Gasteiger partial charge in [0, 0.05) is 38.3 Å². The first kappa shape index (κ1) is 21.0. The maximum Gasteiger partial charge on any atom is 0.0548 e. The third-order valence-corrected chi connectivity index (χ3v) is 7.73. The average molecular weight is 485 g/mol. The van der Waals surface area contributed by atoms with E-state index in [9.17, 15) is 0 Å². The summed E-state index contributed by atoms with van der Waals surface area (Å²) in [5, 5.41) is 5.13. The maximum absolute atomic E-state index is 3.62. The second-order valence-corrected chi connectivity index (χ2v) is 9.90. The number of nitrogens with one attached hydrogen (secondary N) is 1. The maximum atomic E-state index is 3.62. The molecule has 0 radical (unpaired) electrons. The number of hydrogen-bond donors (Lipinski definition) is 1. The first-order valence-electron chi connectivity index (χ1n) is 13.0. The predicted molar refractivity (Wildman–Crippen MR) is 161 cm³/mol. The number of nitrogens with zero attached hydrogens (tertiary/aromatic N) is 1. The molecular formula is C36H24N2. The van der Waals surface area contributed by atoms with Gasteiger partial charge in [-0.2, -0.15) is 0 Å². The molecule has 38 heavy (non-hydrogen) atoms. The molecule has 0 saturated heterocycles. The molecule has 2 heterocycles. The van der Waals surface area contributed by atoms with Gasteiger partial charge < -0.3 is 9.55 Å². The molecule has 0 aliphatic heterocycles. The van der Waals surface area contributed by atoms with E-state index >= 15 is 0 Å². The molecule has 0 aliphatic carbocycles. The number of rotatable bonds is 3. The normalized spacial score (nSPS) is 11.7. The largest absolute Gasteiger partial charge is 0.354 e. The highest BCUT2D eigenvalue weighted by atomic mass is 15.0.